The number of hydrogen-bond donors (Lipinski definition) is 2. The Balaban J connectivity index is 2.39. The predicted octanol–water partition coefficient (Wildman–Crippen LogP) is 2.99. The summed E-state index contributed by atoms with van der Waals surface area (Å²) in [5.41, 5.74) is 6.47. The fourth-order valence-electron chi connectivity index (χ4n) is 1.36. The molecule has 0 radical (unpaired) electrons. The molecule has 0 aliphatic heterocycles. The molecular formula is C11H9Br2N3O2S. The fourth-order valence-corrected chi connectivity index (χ4v) is 3.42. The van der Waals surface area contributed by atoms with E-state index < -0.39 is 10.0 Å². The van der Waals surface area contributed by atoms with Gasteiger partial charge in [-0.05, 0) is 56.1 Å². The molecule has 1 aromatic carbocycles. The van der Waals surface area contributed by atoms with Gasteiger partial charge in [0.1, 0.15) is 4.90 Å². The molecule has 19 heavy (non-hydrogen) atoms. The minimum Gasteiger partial charge on any atom is -0.399 e. The van der Waals surface area contributed by atoms with Crippen LogP contribution in [0.5, 0.6) is 0 Å². The Kier molecular flexibility index (Phi) is 4.12. The Labute approximate surface area is 127 Å². The second-order valence-electron chi connectivity index (χ2n) is 3.68. The number of sulfonamides is 1. The standard InChI is InChI=1S/C11H9Br2N3O2S/c12-7-3-9(6-15-5-7)19(17,18)16-11-4-8(14)1-2-10(11)13/h1-6,16H,14H2. The van der Waals surface area contributed by atoms with Crippen LogP contribution in [0.2, 0.25) is 0 Å². The smallest absolute Gasteiger partial charge is 0.263 e. The summed E-state index contributed by atoms with van der Waals surface area (Å²) in [5.74, 6) is 0. The number of anilines is 2. The molecule has 0 unspecified atom stereocenters. The van der Waals surface area contributed by atoms with E-state index in [-0.39, 0.29) is 4.90 Å². The van der Waals surface area contributed by atoms with Gasteiger partial charge in [0.05, 0.1) is 5.69 Å². The second-order valence-corrected chi connectivity index (χ2v) is 7.14. The molecule has 0 atom stereocenters. The number of benzene rings is 1. The van der Waals surface area contributed by atoms with Crippen LogP contribution in [-0.4, -0.2) is 13.4 Å². The number of nitrogens with zero attached hydrogens (tertiary/aromatic N) is 1. The van der Waals surface area contributed by atoms with E-state index in [2.05, 4.69) is 41.6 Å². The quantitative estimate of drug-likeness (QED) is 0.767. The number of aromatic nitrogens is 1. The fraction of sp³-hybridized carbons (Fsp3) is 0. The summed E-state index contributed by atoms with van der Waals surface area (Å²) in [7, 11) is -3.70. The van der Waals surface area contributed by atoms with Crippen molar-refractivity contribution >= 4 is 53.3 Å². The second kappa shape index (κ2) is 5.48. The Bertz CT molecular complexity index is 720. The highest BCUT2D eigenvalue weighted by molar-refractivity contribution is 9.10. The molecule has 5 nitrogen and oxygen atoms in total. The summed E-state index contributed by atoms with van der Waals surface area (Å²) >= 11 is 6.44. The van der Waals surface area contributed by atoms with Crippen LogP contribution in [0.3, 0.4) is 0 Å². The molecule has 0 bridgehead atoms. The average molecular weight is 407 g/mol. The zero-order valence-electron chi connectivity index (χ0n) is 9.47. The van der Waals surface area contributed by atoms with E-state index in [1.807, 2.05) is 0 Å². The molecule has 3 N–H and O–H groups in total. The van der Waals surface area contributed by atoms with Crippen molar-refractivity contribution in [2.45, 2.75) is 4.90 Å². The van der Waals surface area contributed by atoms with Crippen LogP contribution in [-0.2, 0) is 10.0 Å². The van der Waals surface area contributed by atoms with E-state index in [4.69, 9.17) is 5.73 Å². The van der Waals surface area contributed by atoms with E-state index in [9.17, 15) is 8.42 Å². The maximum absolute atomic E-state index is 12.2. The number of rotatable bonds is 3. The third kappa shape index (κ3) is 3.46. The highest BCUT2D eigenvalue weighted by Crippen LogP contribution is 2.27. The number of halogens is 2. The predicted molar refractivity (Wildman–Crippen MR) is 81.3 cm³/mol. The van der Waals surface area contributed by atoms with E-state index >= 15 is 0 Å². The summed E-state index contributed by atoms with van der Waals surface area (Å²) in [6, 6.07) is 6.34. The number of nitrogens with one attached hydrogen (secondary N) is 1. The van der Waals surface area contributed by atoms with E-state index in [0.29, 0.717) is 20.3 Å². The lowest BCUT2D eigenvalue weighted by atomic mass is 10.3. The molecule has 0 spiro atoms. The van der Waals surface area contributed by atoms with Crippen molar-refractivity contribution in [2.24, 2.45) is 0 Å². The lowest BCUT2D eigenvalue weighted by molar-refractivity contribution is 0.600. The third-order valence-corrected chi connectivity index (χ3v) is 4.68. The van der Waals surface area contributed by atoms with Gasteiger partial charge in [0.25, 0.3) is 10.0 Å². The SMILES string of the molecule is Nc1ccc(Br)c(NS(=O)(=O)c2cncc(Br)c2)c1. The van der Waals surface area contributed by atoms with Gasteiger partial charge in [-0.1, -0.05) is 0 Å². The van der Waals surface area contributed by atoms with Gasteiger partial charge in [-0.25, -0.2) is 8.42 Å². The van der Waals surface area contributed by atoms with Gasteiger partial charge in [0, 0.05) is 27.0 Å². The Morgan fingerprint density at radius 1 is 1.16 bits per heavy atom. The first kappa shape index (κ1) is 14.3. The molecule has 0 aliphatic rings. The van der Waals surface area contributed by atoms with Gasteiger partial charge in [-0.3, -0.25) is 9.71 Å². The van der Waals surface area contributed by atoms with Crippen LogP contribution < -0.4 is 10.5 Å². The number of hydrogen-bond acceptors (Lipinski definition) is 4. The molecule has 8 heteroatoms. The molecule has 2 rings (SSSR count). The normalized spacial score (nSPS) is 11.3. The summed E-state index contributed by atoms with van der Waals surface area (Å²) < 4.78 is 28.0. The zero-order valence-corrected chi connectivity index (χ0v) is 13.5. The van der Waals surface area contributed by atoms with E-state index in [1.54, 1.807) is 12.1 Å². The van der Waals surface area contributed by atoms with Crippen LogP contribution in [0.4, 0.5) is 11.4 Å². The van der Waals surface area contributed by atoms with Crippen molar-refractivity contribution in [3.63, 3.8) is 0 Å². The molecular weight excluding hydrogens is 398 g/mol. The monoisotopic (exact) mass is 405 g/mol. The van der Waals surface area contributed by atoms with Crippen LogP contribution >= 0.6 is 31.9 Å². The van der Waals surface area contributed by atoms with E-state index in [1.165, 1.54) is 24.5 Å². The first-order valence-corrected chi connectivity index (χ1v) is 8.14. The molecule has 100 valence electrons. The van der Waals surface area contributed by atoms with Crippen molar-refractivity contribution in [3.05, 3.63) is 45.6 Å². The van der Waals surface area contributed by atoms with Gasteiger partial charge in [0.15, 0.2) is 0 Å². The van der Waals surface area contributed by atoms with Gasteiger partial charge in [0.2, 0.25) is 0 Å². The van der Waals surface area contributed by atoms with E-state index in [0.717, 1.165) is 0 Å². The first-order chi connectivity index (χ1) is 8.88. The largest absolute Gasteiger partial charge is 0.399 e. The molecule has 0 amide bonds. The lowest BCUT2D eigenvalue weighted by Gasteiger charge is -2.10. The van der Waals surface area contributed by atoms with Crippen LogP contribution in [0.1, 0.15) is 0 Å². The van der Waals surface area contributed by atoms with Crippen molar-refractivity contribution in [1.82, 2.24) is 4.98 Å². The average Bonchev–Trinajstić information content (AvgIpc) is 2.33. The zero-order chi connectivity index (χ0) is 14.0. The summed E-state index contributed by atoms with van der Waals surface area (Å²) in [5, 5.41) is 0. The van der Waals surface area contributed by atoms with Gasteiger partial charge in [-0.15, -0.1) is 0 Å². The Morgan fingerprint density at radius 3 is 2.58 bits per heavy atom. The summed E-state index contributed by atoms with van der Waals surface area (Å²) in [4.78, 5) is 3.90. The summed E-state index contributed by atoms with van der Waals surface area (Å²) in [6.45, 7) is 0. The van der Waals surface area contributed by atoms with Crippen molar-refractivity contribution in [2.75, 3.05) is 10.5 Å². The number of nitrogen functional groups attached to an aromatic ring is 1. The molecule has 0 saturated heterocycles. The maximum atomic E-state index is 12.2. The summed E-state index contributed by atoms with van der Waals surface area (Å²) in [6.07, 6.45) is 2.78. The Hall–Kier alpha value is -1.12. The maximum Gasteiger partial charge on any atom is 0.263 e. The topological polar surface area (TPSA) is 85.1 Å². The molecule has 1 aromatic heterocycles. The third-order valence-electron chi connectivity index (χ3n) is 2.22. The minimum atomic E-state index is -3.70. The van der Waals surface area contributed by atoms with Crippen molar-refractivity contribution < 1.29 is 8.42 Å². The van der Waals surface area contributed by atoms with Crippen molar-refractivity contribution in [3.8, 4) is 0 Å². The van der Waals surface area contributed by atoms with Gasteiger partial charge >= 0.3 is 0 Å². The molecule has 2 aromatic rings. The van der Waals surface area contributed by atoms with Gasteiger partial charge in [-0.2, -0.15) is 0 Å². The van der Waals surface area contributed by atoms with Crippen molar-refractivity contribution in [1.29, 1.82) is 0 Å². The molecule has 0 aliphatic carbocycles. The van der Waals surface area contributed by atoms with Gasteiger partial charge < -0.3 is 5.73 Å². The molecule has 0 saturated carbocycles. The molecule has 1 heterocycles. The molecule has 0 fully saturated rings. The first-order valence-electron chi connectivity index (χ1n) is 5.07. The van der Waals surface area contributed by atoms with Crippen LogP contribution in [0, 0.1) is 0 Å². The number of nitrogens with two attached hydrogens (primary N) is 1. The van der Waals surface area contributed by atoms with Crippen LogP contribution in [0.25, 0.3) is 0 Å². The lowest BCUT2D eigenvalue weighted by Crippen LogP contribution is -2.13. The van der Waals surface area contributed by atoms with Crippen LogP contribution in [0.15, 0.2) is 50.5 Å². The minimum absolute atomic E-state index is 0.0659. The highest BCUT2D eigenvalue weighted by Gasteiger charge is 2.16. The number of pyridine rings is 1. The Morgan fingerprint density at radius 2 is 1.89 bits per heavy atom. The highest BCUT2D eigenvalue weighted by atomic mass is 79.9.